The van der Waals surface area contributed by atoms with Gasteiger partial charge in [-0.3, -0.25) is 4.79 Å². The molecular weight excluding hydrogens is 266 g/mol. The Morgan fingerprint density at radius 1 is 1.19 bits per heavy atom. The number of hydrogen-bond acceptors (Lipinski definition) is 3. The Bertz CT molecular complexity index is 435. The zero-order chi connectivity index (χ0) is 15.8. The molecule has 118 valence electrons. The van der Waals surface area contributed by atoms with Gasteiger partial charge in [-0.25, -0.2) is 4.79 Å². The number of Topliss-reactive ketones (excluding diaryl/α,β-unsaturated/α-hetero) is 1. The number of carbonyl (C=O) groups excluding carboxylic acids is 2. The SMILES string of the molecule is C=C(C)CC(=O)C1CC2CCC(C1)N2C(=O)OC(C)(C)C. The van der Waals surface area contributed by atoms with Gasteiger partial charge in [0, 0.05) is 24.4 Å². The fraction of sp³-hybridized carbons (Fsp3) is 0.765. The molecule has 0 aliphatic carbocycles. The highest BCUT2D eigenvalue weighted by Gasteiger charge is 2.46. The first kappa shape index (κ1) is 16.1. The molecule has 2 aliphatic rings. The number of allylic oxidation sites excluding steroid dienone is 1. The molecule has 0 aromatic rings. The predicted molar refractivity (Wildman–Crippen MR) is 82.0 cm³/mol. The highest BCUT2D eigenvalue weighted by Crippen LogP contribution is 2.40. The maximum absolute atomic E-state index is 12.3. The molecule has 2 atom stereocenters. The number of rotatable bonds is 3. The summed E-state index contributed by atoms with van der Waals surface area (Å²) in [5.41, 5.74) is 0.449. The van der Waals surface area contributed by atoms with Crippen LogP contribution in [0, 0.1) is 5.92 Å². The van der Waals surface area contributed by atoms with Crippen LogP contribution in [0.1, 0.15) is 59.8 Å². The van der Waals surface area contributed by atoms with Gasteiger partial charge in [0.1, 0.15) is 11.4 Å². The molecule has 2 rings (SSSR count). The Balaban J connectivity index is 2.01. The van der Waals surface area contributed by atoms with Gasteiger partial charge in [-0.05, 0) is 53.4 Å². The third-order valence-corrected chi connectivity index (χ3v) is 4.27. The van der Waals surface area contributed by atoms with Crippen LogP contribution >= 0.6 is 0 Å². The van der Waals surface area contributed by atoms with Gasteiger partial charge in [0.15, 0.2) is 0 Å². The van der Waals surface area contributed by atoms with Crippen LogP contribution < -0.4 is 0 Å². The van der Waals surface area contributed by atoms with E-state index < -0.39 is 5.60 Å². The van der Waals surface area contributed by atoms with E-state index in [0.29, 0.717) is 6.42 Å². The van der Waals surface area contributed by atoms with Crippen molar-refractivity contribution in [3.8, 4) is 0 Å². The van der Waals surface area contributed by atoms with Crippen molar-refractivity contribution in [1.29, 1.82) is 0 Å². The molecule has 2 heterocycles. The number of piperidine rings is 1. The summed E-state index contributed by atoms with van der Waals surface area (Å²) in [5.74, 6) is 0.362. The normalized spacial score (nSPS) is 28.4. The minimum absolute atomic E-state index is 0.0814. The average molecular weight is 293 g/mol. The lowest BCUT2D eigenvalue weighted by atomic mass is 9.85. The molecule has 4 heteroatoms. The van der Waals surface area contributed by atoms with E-state index in [2.05, 4.69) is 6.58 Å². The number of ether oxygens (including phenoxy) is 1. The molecule has 1 amide bonds. The largest absolute Gasteiger partial charge is 0.444 e. The topological polar surface area (TPSA) is 46.6 Å². The van der Waals surface area contributed by atoms with E-state index in [1.807, 2.05) is 32.6 Å². The highest BCUT2D eigenvalue weighted by atomic mass is 16.6. The third kappa shape index (κ3) is 3.86. The zero-order valence-corrected chi connectivity index (χ0v) is 13.6. The van der Waals surface area contributed by atoms with Gasteiger partial charge in [0.05, 0.1) is 0 Å². The molecular formula is C17H27NO3. The van der Waals surface area contributed by atoms with Gasteiger partial charge in [-0.1, -0.05) is 12.2 Å². The van der Waals surface area contributed by atoms with Gasteiger partial charge in [0.25, 0.3) is 0 Å². The van der Waals surface area contributed by atoms with Crippen LogP contribution in [0.2, 0.25) is 0 Å². The molecule has 2 fully saturated rings. The van der Waals surface area contributed by atoms with Crippen LogP contribution in [-0.4, -0.2) is 34.5 Å². The standard InChI is InChI=1S/C17H27NO3/c1-11(2)8-15(19)12-9-13-6-7-14(10-12)18(13)16(20)21-17(3,4)5/h12-14H,1,6-10H2,2-5H3. The summed E-state index contributed by atoms with van der Waals surface area (Å²) in [7, 11) is 0. The van der Waals surface area contributed by atoms with Crippen molar-refractivity contribution in [2.24, 2.45) is 5.92 Å². The second-order valence-electron chi connectivity index (χ2n) is 7.54. The van der Waals surface area contributed by atoms with Crippen molar-refractivity contribution in [3.63, 3.8) is 0 Å². The van der Waals surface area contributed by atoms with E-state index in [4.69, 9.17) is 4.74 Å². The summed E-state index contributed by atoms with van der Waals surface area (Å²) in [4.78, 5) is 26.5. The fourth-order valence-electron chi connectivity index (χ4n) is 3.49. The molecule has 0 N–H and O–H groups in total. The molecule has 0 radical (unpaired) electrons. The molecule has 21 heavy (non-hydrogen) atoms. The van der Waals surface area contributed by atoms with Crippen LogP contribution in [0.5, 0.6) is 0 Å². The highest BCUT2D eigenvalue weighted by molar-refractivity contribution is 5.83. The minimum Gasteiger partial charge on any atom is -0.444 e. The third-order valence-electron chi connectivity index (χ3n) is 4.27. The van der Waals surface area contributed by atoms with Crippen LogP contribution in [0.15, 0.2) is 12.2 Å². The number of fused-ring (bicyclic) bond motifs is 2. The molecule has 2 unspecified atom stereocenters. The van der Waals surface area contributed by atoms with E-state index >= 15 is 0 Å². The first-order valence-electron chi connectivity index (χ1n) is 7.86. The molecule has 0 spiro atoms. The van der Waals surface area contributed by atoms with E-state index in [1.165, 1.54) is 0 Å². The van der Waals surface area contributed by atoms with Crippen LogP contribution in [0.3, 0.4) is 0 Å². The Morgan fingerprint density at radius 2 is 1.71 bits per heavy atom. The average Bonchev–Trinajstić information content (AvgIpc) is 2.57. The molecule has 2 saturated heterocycles. The van der Waals surface area contributed by atoms with Crippen molar-refractivity contribution < 1.29 is 14.3 Å². The van der Waals surface area contributed by atoms with Crippen LogP contribution in [0.25, 0.3) is 0 Å². The number of amides is 1. The lowest BCUT2D eigenvalue weighted by molar-refractivity contribution is -0.124. The summed E-state index contributed by atoms with van der Waals surface area (Å²) in [5, 5.41) is 0. The molecule has 2 bridgehead atoms. The van der Waals surface area contributed by atoms with E-state index in [9.17, 15) is 9.59 Å². The number of carbonyl (C=O) groups is 2. The van der Waals surface area contributed by atoms with Crippen molar-refractivity contribution in [3.05, 3.63) is 12.2 Å². The van der Waals surface area contributed by atoms with Gasteiger partial charge in [0.2, 0.25) is 0 Å². The number of ketones is 1. The maximum atomic E-state index is 12.3. The molecule has 4 nitrogen and oxygen atoms in total. The Labute approximate surface area is 127 Å². The summed E-state index contributed by atoms with van der Waals surface area (Å²) >= 11 is 0. The van der Waals surface area contributed by atoms with E-state index in [1.54, 1.807) is 0 Å². The van der Waals surface area contributed by atoms with E-state index in [-0.39, 0.29) is 29.9 Å². The van der Waals surface area contributed by atoms with Gasteiger partial charge < -0.3 is 9.64 Å². The summed E-state index contributed by atoms with van der Waals surface area (Å²) < 4.78 is 5.51. The van der Waals surface area contributed by atoms with Crippen molar-refractivity contribution >= 4 is 11.9 Å². The second kappa shape index (κ2) is 5.82. The summed E-state index contributed by atoms with van der Waals surface area (Å²) in [6, 6.07) is 0.329. The lowest BCUT2D eigenvalue weighted by Crippen LogP contribution is -2.49. The number of hydrogen-bond donors (Lipinski definition) is 0. The fourth-order valence-corrected chi connectivity index (χ4v) is 3.49. The van der Waals surface area contributed by atoms with Gasteiger partial charge >= 0.3 is 6.09 Å². The Kier molecular flexibility index (Phi) is 4.45. The quantitative estimate of drug-likeness (QED) is 0.745. The van der Waals surface area contributed by atoms with Gasteiger partial charge in [-0.2, -0.15) is 0 Å². The lowest BCUT2D eigenvalue weighted by Gasteiger charge is -2.39. The summed E-state index contributed by atoms with van der Waals surface area (Å²) in [6.07, 6.45) is 3.78. The minimum atomic E-state index is -0.469. The Morgan fingerprint density at radius 3 is 2.14 bits per heavy atom. The van der Waals surface area contributed by atoms with Crippen molar-refractivity contribution in [2.75, 3.05) is 0 Å². The van der Waals surface area contributed by atoms with Gasteiger partial charge in [-0.15, -0.1) is 0 Å². The Hall–Kier alpha value is -1.32. The predicted octanol–water partition coefficient (Wildman–Crippen LogP) is 3.70. The first-order valence-corrected chi connectivity index (χ1v) is 7.86. The summed E-state index contributed by atoms with van der Waals surface area (Å²) in [6.45, 7) is 11.4. The second-order valence-corrected chi connectivity index (χ2v) is 7.54. The first-order chi connectivity index (χ1) is 9.67. The van der Waals surface area contributed by atoms with Crippen molar-refractivity contribution in [2.45, 2.75) is 77.5 Å². The molecule has 0 aromatic carbocycles. The van der Waals surface area contributed by atoms with E-state index in [0.717, 1.165) is 31.3 Å². The van der Waals surface area contributed by atoms with Crippen LogP contribution in [-0.2, 0) is 9.53 Å². The smallest absolute Gasteiger partial charge is 0.410 e. The molecule has 0 saturated carbocycles. The number of nitrogens with zero attached hydrogens (tertiary/aromatic N) is 1. The van der Waals surface area contributed by atoms with Crippen LogP contribution in [0.4, 0.5) is 4.79 Å². The molecule has 2 aliphatic heterocycles. The maximum Gasteiger partial charge on any atom is 0.410 e. The van der Waals surface area contributed by atoms with Crippen molar-refractivity contribution in [1.82, 2.24) is 4.90 Å². The zero-order valence-electron chi connectivity index (χ0n) is 13.6. The molecule has 0 aromatic heterocycles. The monoisotopic (exact) mass is 293 g/mol.